The molecule has 10 heteroatoms. The van der Waals surface area contributed by atoms with Crippen molar-refractivity contribution in [3.05, 3.63) is 0 Å². The fourth-order valence-corrected chi connectivity index (χ4v) is 2.97. The van der Waals surface area contributed by atoms with Gasteiger partial charge in [-0.3, -0.25) is 24.8 Å². The van der Waals surface area contributed by atoms with E-state index in [1.807, 2.05) is 44.8 Å². The highest BCUT2D eigenvalue weighted by atomic mass is 15.5. The Morgan fingerprint density at radius 3 is 2.07 bits per heavy atom. The van der Waals surface area contributed by atoms with Gasteiger partial charge in [0.1, 0.15) is 11.3 Å². The Morgan fingerprint density at radius 1 is 0.926 bits per heavy atom. The Labute approximate surface area is 162 Å². The van der Waals surface area contributed by atoms with Crippen molar-refractivity contribution in [1.82, 2.24) is 30.7 Å². The summed E-state index contributed by atoms with van der Waals surface area (Å²) in [6.07, 6.45) is 0. The Kier molecular flexibility index (Phi) is 5.86. The quantitative estimate of drug-likeness (QED) is 0.626. The molecule has 2 aliphatic rings. The van der Waals surface area contributed by atoms with Crippen molar-refractivity contribution in [3.63, 3.8) is 0 Å². The minimum Gasteiger partial charge on any atom is -0.344 e. The number of likely N-dealkylation sites (N-methyl/N-ethyl adjacent to an activating group) is 1. The van der Waals surface area contributed by atoms with Crippen molar-refractivity contribution in [1.29, 1.82) is 0 Å². The second-order valence-electron chi connectivity index (χ2n) is 7.81. The van der Waals surface area contributed by atoms with Crippen LogP contribution in [0.4, 0.5) is 0 Å². The first kappa shape index (κ1) is 20.8. The highest BCUT2D eigenvalue weighted by Crippen LogP contribution is 2.14. The van der Waals surface area contributed by atoms with E-state index in [1.165, 1.54) is 0 Å². The molecule has 0 saturated carbocycles. The smallest absolute Gasteiger partial charge is 0.205 e. The molecule has 0 unspecified atom stereocenters. The normalized spacial score (nSPS) is 25.8. The van der Waals surface area contributed by atoms with E-state index in [2.05, 4.69) is 44.7 Å². The molecule has 0 bridgehead atoms. The van der Waals surface area contributed by atoms with E-state index in [9.17, 15) is 0 Å². The molecule has 27 heavy (non-hydrogen) atoms. The number of nitrogens with one attached hydrogen (secondary N) is 3. The fraction of sp³-hybridized carbons (Fsp3) is 0.765. The number of rotatable bonds is 3. The molecule has 0 spiro atoms. The predicted octanol–water partition coefficient (Wildman–Crippen LogP) is -0.266. The summed E-state index contributed by atoms with van der Waals surface area (Å²) < 4.78 is 0. The molecular weight excluding hydrogens is 344 g/mol. The zero-order valence-electron chi connectivity index (χ0n) is 18.0. The third-order valence-electron chi connectivity index (χ3n) is 4.36. The standard InChI is InChI=1S/C17H34N10/c1-16(2)21-12(18-5)26(8)14(23-16)20-10-11-25(7)15-24-17(3,4)22-13(19-6)27(15)9/h10-11H2,1-9H3,(H,18,21)(H,19,22)(H,20,23). The second kappa shape index (κ2) is 7.61. The Morgan fingerprint density at radius 2 is 1.48 bits per heavy atom. The molecule has 0 amide bonds. The Hall–Kier alpha value is -2.52. The van der Waals surface area contributed by atoms with Crippen LogP contribution in [0.1, 0.15) is 27.7 Å². The van der Waals surface area contributed by atoms with Gasteiger partial charge >= 0.3 is 0 Å². The molecule has 0 aromatic heterocycles. The summed E-state index contributed by atoms with van der Waals surface area (Å²) in [6, 6.07) is 0. The highest BCUT2D eigenvalue weighted by molar-refractivity contribution is 6.01. The van der Waals surface area contributed by atoms with Gasteiger partial charge in [-0.15, -0.1) is 0 Å². The van der Waals surface area contributed by atoms with Gasteiger partial charge in [-0.1, -0.05) is 0 Å². The van der Waals surface area contributed by atoms with Crippen LogP contribution in [-0.2, 0) is 0 Å². The van der Waals surface area contributed by atoms with E-state index in [-0.39, 0.29) is 5.66 Å². The molecule has 152 valence electrons. The minimum absolute atomic E-state index is 0.304. The van der Waals surface area contributed by atoms with E-state index in [0.717, 1.165) is 30.4 Å². The maximum absolute atomic E-state index is 4.80. The van der Waals surface area contributed by atoms with Crippen LogP contribution in [0.2, 0.25) is 0 Å². The summed E-state index contributed by atoms with van der Waals surface area (Å²) in [5.74, 6) is 3.25. The van der Waals surface area contributed by atoms with Crippen LogP contribution in [0.25, 0.3) is 0 Å². The topological polar surface area (TPSA) is 95.2 Å². The molecule has 2 aliphatic heterocycles. The van der Waals surface area contributed by atoms with E-state index in [1.54, 1.807) is 14.1 Å². The molecular formula is C17H34N10. The number of guanidine groups is 4. The lowest BCUT2D eigenvalue weighted by atomic mass is 10.2. The van der Waals surface area contributed by atoms with Crippen LogP contribution in [0, 0.1) is 0 Å². The van der Waals surface area contributed by atoms with Crippen molar-refractivity contribution in [2.75, 3.05) is 48.3 Å². The van der Waals surface area contributed by atoms with Gasteiger partial charge in [-0.25, -0.2) is 4.99 Å². The first-order valence-corrected chi connectivity index (χ1v) is 9.10. The molecule has 0 aromatic carbocycles. The number of hydrogen-bond donors (Lipinski definition) is 3. The molecule has 0 atom stereocenters. The first-order chi connectivity index (χ1) is 12.5. The third kappa shape index (κ3) is 4.81. The number of hydrogen-bond acceptors (Lipinski definition) is 5. The fourth-order valence-electron chi connectivity index (χ4n) is 2.97. The molecule has 0 aliphatic carbocycles. The second-order valence-corrected chi connectivity index (χ2v) is 7.81. The van der Waals surface area contributed by atoms with E-state index < -0.39 is 5.66 Å². The molecule has 0 radical (unpaired) electrons. The van der Waals surface area contributed by atoms with Crippen molar-refractivity contribution in [3.8, 4) is 0 Å². The Balaban J connectivity index is 2.09. The summed E-state index contributed by atoms with van der Waals surface area (Å²) in [5, 5.41) is 10.0. The van der Waals surface area contributed by atoms with Crippen molar-refractivity contribution < 1.29 is 0 Å². The molecule has 0 aromatic rings. The lowest BCUT2D eigenvalue weighted by molar-refractivity contribution is 0.362. The zero-order chi connectivity index (χ0) is 20.4. The molecule has 3 N–H and O–H groups in total. The van der Waals surface area contributed by atoms with Crippen LogP contribution in [0.3, 0.4) is 0 Å². The molecule has 2 heterocycles. The lowest BCUT2D eigenvalue weighted by Gasteiger charge is -2.41. The number of aliphatic imine (C=N–C) groups is 4. The summed E-state index contributed by atoms with van der Waals surface area (Å²) in [4.78, 5) is 24.1. The van der Waals surface area contributed by atoms with Crippen LogP contribution in [-0.4, -0.2) is 98.2 Å². The van der Waals surface area contributed by atoms with E-state index in [4.69, 9.17) is 9.98 Å². The van der Waals surface area contributed by atoms with Crippen molar-refractivity contribution >= 4 is 23.8 Å². The molecule has 1 saturated heterocycles. The van der Waals surface area contributed by atoms with Gasteiger partial charge in [0.05, 0.1) is 6.54 Å². The maximum Gasteiger partial charge on any atom is 0.205 e. The van der Waals surface area contributed by atoms with Gasteiger partial charge in [0.25, 0.3) is 0 Å². The molecule has 2 rings (SSSR count). The SMILES string of the molecule is CN=C1NC(C)(C)NC(=NCCN(C)C2=NC(C)(C)NC(=NC)N2C)N1C. The van der Waals surface area contributed by atoms with Gasteiger partial charge in [-0.05, 0) is 27.7 Å². The summed E-state index contributed by atoms with van der Waals surface area (Å²) >= 11 is 0. The van der Waals surface area contributed by atoms with Gasteiger partial charge in [0.2, 0.25) is 23.8 Å². The average Bonchev–Trinajstić information content (AvgIpc) is 2.58. The summed E-state index contributed by atoms with van der Waals surface area (Å²) in [6.45, 7) is 9.51. The van der Waals surface area contributed by atoms with Gasteiger partial charge in [0.15, 0.2) is 0 Å². The first-order valence-electron chi connectivity index (χ1n) is 9.10. The Bertz CT molecular complexity index is 673. The van der Waals surface area contributed by atoms with Crippen LogP contribution in [0.5, 0.6) is 0 Å². The number of nitrogens with zero attached hydrogens (tertiary/aromatic N) is 7. The van der Waals surface area contributed by atoms with E-state index >= 15 is 0 Å². The van der Waals surface area contributed by atoms with Gasteiger partial charge in [-0.2, -0.15) is 0 Å². The monoisotopic (exact) mass is 378 g/mol. The highest BCUT2D eigenvalue weighted by Gasteiger charge is 2.32. The van der Waals surface area contributed by atoms with Crippen LogP contribution < -0.4 is 16.0 Å². The summed E-state index contributed by atoms with van der Waals surface area (Å²) in [7, 11) is 9.47. The molecule has 10 nitrogen and oxygen atoms in total. The maximum atomic E-state index is 4.80. The largest absolute Gasteiger partial charge is 0.344 e. The average molecular weight is 379 g/mol. The summed E-state index contributed by atoms with van der Waals surface area (Å²) in [5.41, 5.74) is -0.702. The third-order valence-corrected chi connectivity index (χ3v) is 4.36. The molecule has 1 fully saturated rings. The van der Waals surface area contributed by atoms with Crippen LogP contribution >= 0.6 is 0 Å². The lowest BCUT2D eigenvalue weighted by Crippen LogP contribution is -2.68. The van der Waals surface area contributed by atoms with E-state index in [0.29, 0.717) is 6.54 Å². The van der Waals surface area contributed by atoms with Crippen molar-refractivity contribution in [2.24, 2.45) is 20.0 Å². The van der Waals surface area contributed by atoms with Gasteiger partial charge in [0, 0.05) is 41.8 Å². The predicted molar refractivity (Wildman–Crippen MR) is 112 cm³/mol. The zero-order valence-corrected chi connectivity index (χ0v) is 18.0. The van der Waals surface area contributed by atoms with Crippen molar-refractivity contribution in [2.45, 2.75) is 39.0 Å². The van der Waals surface area contributed by atoms with Crippen LogP contribution in [0.15, 0.2) is 20.0 Å². The van der Waals surface area contributed by atoms with Gasteiger partial charge < -0.3 is 20.9 Å². The minimum atomic E-state index is -0.399.